The summed E-state index contributed by atoms with van der Waals surface area (Å²) < 4.78 is 0. The number of hydrogen-bond donors (Lipinski definition) is 1. The molecule has 0 radical (unpaired) electrons. The Balaban J connectivity index is 1.76. The predicted molar refractivity (Wildman–Crippen MR) is 76.8 cm³/mol. The van der Waals surface area contributed by atoms with Gasteiger partial charge in [-0.1, -0.05) is 6.07 Å². The van der Waals surface area contributed by atoms with Gasteiger partial charge in [-0.15, -0.1) is 0 Å². The van der Waals surface area contributed by atoms with E-state index >= 15 is 0 Å². The van der Waals surface area contributed by atoms with Crippen LogP contribution in [0, 0.1) is 0 Å². The van der Waals surface area contributed by atoms with Gasteiger partial charge in [0.05, 0.1) is 6.42 Å². The average Bonchev–Trinajstić information content (AvgIpc) is 3.02. The van der Waals surface area contributed by atoms with Crippen molar-refractivity contribution in [2.24, 2.45) is 0 Å². The maximum Gasteiger partial charge on any atom is 0.253 e. The molecule has 1 aromatic rings. The van der Waals surface area contributed by atoms with E-state index in [4.69, 9.17) is 0 Å². The minimum absolute atomic E-state index is 0.00144. The van der Waals surface area contributed by atoms with Crippen LogP contribution in [0.1, 0.15) is 22.3 Å². The van der Waals surface area contributed by atoms with Gasteiger partial charge in [-0.3, -0.25) is 9.59 Å². The first kappa shape index (κ1) is 13.1. The van der Waals surface area contributed by atoms with Gasteiger partial charge < -0.3 is 15.1 Å². The number of likely N-dealkylation sites (tertiary alicyclic amines) is 1. The van der Waals surface area contributed by atoms with Crippen molar-refractivity contribution in [1.29, 1.82) is 0 Å². The maximum atomic E-state index is 12.5. The second kappa shape index (κ2) is 4.90. The van der Waals surface area contributed by atoms with E-state index in [1.807, 2.05) is 31.1 Å². The molecule has 1 fully saturated rings. The molecule has 0 spiro atoms. The van der Waals surface area contributed by atoms with E-state index < -0.39 is 0 Å². The molecular formula is C15H19N3O2. The second-order valence-corrected chi connectivity index (χ2v) is 5.75. The fourth-order valence-electron chi connectivity index (χ4n) is 2.88. The third-order valence-electron chi connectivity index (χ3n) is 4.16. The van der Waals surface area contributed by atoms with E-state index in [1.54, 1.807) is 6.07 Å². The zero-order valence-electron chi connectivity index (χ0n) is 11.8. The fourth-order valence-corrected chi connectivity index (χ4v) is 2.88. The lowest BCUT2D eigenvalue weighted by Crippen LogP contribution is -2.34. The summed E-state index contributed by atoms with van der Waals surface area (Å²) in [5.41, 5.74) is 2.41. The van der Waals surface area contributed by atoms with Gasteiger partial charge in [0.1, 0.15) is 0 Å². The van der Waals surface area contributed by atoms with Crippen LogP contribution in [0.15, 0.2) is 18.2 Å². The average molecular weight is 273 g/mol. The van der Waals surface area contributed by atoms with Gasteiger partial charge in [0.25, 0.3) is 5.91 Å². The van der Waals surface area contributed by atoms with E-state index in [1.165, 1.54) is 0 Å². The summed E-state index contributed by atoms with van der Waals surface area (Å²) in [5.74, 6) is 0.0525. The van der Waals surface area contributed by atoms with Gasteiger partial charge in [0, 0.05) is 30.4 Å². The number of amides is 2. The lowest BCUT2D eigenvalue weighted by atomic mass is 10.1. The van der Waals surface area contributed by atoms with Crippen LogP contribution in [0.5, 0.6) is 0 Å². The molecule has 2 aliphatic heterocycles. The van der Waals surface area contributed by atoms with E-state index in [2.05, 4.69) is 10.2 Å². The highest BCUT2D eigenvalue weighted by molar-refractivity contribution is 6.02. The highest BCUT2D eigenvalue weighted by atomic mass is 16.2. The monoisotopic (exact) mass is 273 g/mol. The zero-order valence-corrected chi connectivity index (χ0v) is 11.8. The minimum Gasteiger partial charge on any atom is -0.337 e. The number of carbonyl (C=O) groups excluding carboxylic acids is 2. The molecule has 1 aromatic carbocycles. The lowest BCUT2D eigenvalue weighted by Gasteiger charge is -2.20. The van der Waals surface area contributed by atoms with Gasteiger partial charge in [-0.05, 0) is 38.2 Å². The van der Waals surface area contributed by atoms with Crippen molar-refractivity contribution in [3.05, 3.63) is 29.3 Å². The van der Waals surface area contributed by atoms with Gasteiger partial charge >= 0.3 is 0 Å². The molecule has 2 aliphatic rings. The lowest BCUT2D eigenvalue weighted by molar-refractivity contribution is -0.115. The van der Waals surface area contributed by atoms with E-state index in [0.717, 1.165) is 30.8 Å². The highest BCUT2D eigenvalue weighted by Crippen LogP contribution is 2.25. The van der Waals surface area contributed by atoms with Crippen molar-refractivity contribution >= 4 is 17.5 Å². The van der Waals surface area contributed by atoms with Crippen LogP contribution >= 0.6 is 0 Å². The standard InChI is InChI=1S/C15H19N3O2/c1-17(2)12-5-6-18(9-12)15(20)11-4-3-10-8-14(19)16-13(10)7-11/h3-4,7,12H,5-6,8-9H2,1-2H3,(H,16,19). The number of carbonyl (C=O) groups is 2. The van der Waals surface area contributed by atoms with Gasteiger partial charge in [0.15, 0.2) is 0 Å². The molecule has 2 amide bonds. The van der Waals surface area contributed by atoms with Crippen molar-refractivity contribution in [1.82, 2.24) is 9.80 Å². The minimum atomic E-state index is -0.00144. The molecule has 1 atom stereocenters. The van der Waals surface area contributed by atoms with Crippen molar-refractivity contribution in [2.45, 2.75) is 18.9 Å². The molecule has 2 heterocycles. The molecule has 1 saturated heterocycles. The molecular weight excluding hydrogens is 254 g/mol. The molecule has 3 rings (SSSR count). The summed E-state index contributed by atoms with van der Waals surface area (Å²) in [6.07, 6.45) is 1.43. The molecule has 0 aromatic heterocycles. The Hall–Kier alpha value is -1.88. The highest BCUT2D eigenvalue weighted by Gasteiger charge is 2.29. The summed E-state index contributed by atoms with van der Waals surface area (Å²) in [6, 6.07) is 5.93. The number of likely N-dealkylation sites (N-methyl/N-ethyl adjacent to an activating group) is 1. The van der Waals surface area contributed by atoms with Crippen molar-refractivity contribution < 1.29 is 9.59 Å². The molecule has 0 aliphatic carbocycles. The van der Waals surface area contributed by atoms with Gasteiger partial charge in [0.2, 0.25) is 5.91 Å². The summed E-state index contributed by atoms with van der Waals surface area (Å²) >= 11 is 0. The third-order valence-corrected chi connectivity index (χ3v) is 4.16. The zero-order chi connectivity index (χ0) is 14.3. The van der Waals surface area contributed by atoms with Crippen LogP contribution in [0.3, 0.4) is 0 Å². The number of anilines is 1. The topological polar surface area (TPSA) is 52.6 Å². The first-order valence-corrected chi connectivity index (χ1v) is 6.93. The number of nitrogens with one attached hydrogen (secondary N) is 1. The van der Waals surface area contributed by atoms with Crippen LogP contribution < -0.4 is 5.32 Å². The molecule has 5 nitrogen and oxygen atoms in total. The maximum absolute atomic E-state index is 12.5. The molecule has 106 valence electrons. The Kier molecular flexibility index (Phi) is 3.22. The third kappa shape index (κ3) is 2.29. The number of nitrogens with zero attached hydrogens (tertiary/aromatic N) is 2. The van der Waals surface area contributed by atoms with Crippen LogP contribution in [0.2, 0.25) is 0 Å². The molecule has 1 unspecified atom stereocenters. The van der Waals surface area contributed by atoms with E-state index in [-0.39, 0.29) is 11.8 Å². The number of benzene rings is 1. The van der Waals surface area contributed by atoms with Crippen molar-refractivity contribution in [3.63, 3.8) is 0 Å². The molecule has 5 heteroatoms. The predicted octanol–water partition coefficient (Wildman–Crippen LogP) is 0.957. The molecule has 20 heavy (non-hydrogen) atoms. The SMILES string of the molecule is CN(C)C1CCN(C(=O)c2ccc3c(c2)NC(=O)C3)C1. The summed E-state index contributed by atoms with van der Waals surface area (Å²) in [7, 11) is 4.09. The molecule has 0 bridgehead atoms. The van der Waals surface area contributed by atoms with Crippen LogP contribution in [0.25, 0.3) is 0 Å². The molecule has 0 saturated carbocycles. The molecule has 1 N–H and O–H groups in total. The largest absolute Gasteiger partial charge is 0.337 e. The number of hydrogen-bond acceptors (Lipinski definition) is 3. The Morgan fingerprint density at radius 1 is 1.40 bits per heavy atom. The van der Waals surface area contributed by atoms with E-state index in [0.29, 0.717) is 18.0 Å². The quantitative estimate of drug-likeness (QED) is 0.873. The summed E-state index contributed by atoms with van der Waals surface area (Å²) in [6.45, 7) is 1.57. The summed E-state index contributed by atoms with van der Waals surface area (Å²) in [4.78, 5) is 27.9. The van der Waals surface area contributed by atoms with Gasteiger partial charge in [-0.2, -0.15) is 0 Å². The number of rotatable bonds is 2. The van der Waals surface area contributed by atoms with Crippen LogP contribution in [-0.2, 0) is 11.2 Å². The van der Waals surface area contributed by atoms with Gasteiger partial charge in [-0.25, -0.2) is 0 Å². The normalized spacial score (nSPS) is 21.2. The van der Waals surface area contributed by atoms with Crippen LogP contribution in [-0.4, -0.2) is 54.8 Å². The Bertz CT molecular complexity index is 568. The smallest absolute Gasteiger partial charge is 0.253 e. The van der Waals surface area contributed by atoms with Crippen molar-refractivity contribution in [3.8, 4) is 0 Å². The Morgan fingerprint density at radius 2 is 2.20 bits per heavy atom. The first-order valence-electron chi connectivity index (χ1n) is 6.93. The van der Waals surface area contributed by atoms with Crippen LogP contribution in [0.4, 0.5) is 5.69 Å². The summed E-state index contributed by atoms with van der Waals surface area (Å²) in [5, 5.41) is 2.79. The van der Waals surface area contributed by atoms with Crippen molar-refractivity contribution in [2.75, 3.05) is 32.5 Å². The van der Waals surface area contributed by atoms with E-state index in [9.17, 15) is 9.59 Å². The second-order valence-electron chi connectivity index (χ2n) is 5.75. The Labute approximate surface area is 118 Å². The first-order chi connectivity index (χ1) is 9.54. The Morgan fingerprint density at radius 3 is 2.90 bits per heavy atom. The number of fused-ring (bicyclic) bond motifs is 1. The fraction of sp³-hybridized carbons (Fsp3) is 0.467.